The van der Waals surface area contributed by atoms with Crippen molar-refractivity contribution in [3.63, 3.8) is 0 Å². The Morgan fingerprint density at radius 3 is 2.70 bits per heavy atom. The minimum atomic E-state index is -0.352. The van der Waals surface area contributed by atoms with Crippen molar-refractivity contribution in [1.29, 1.82) is 0 Å². The molecule has 0 saturated carbocycles. The lowest BCUT2D eigenvalue weighted by Crippen LogP contribution is -2.24. The third kappa shape index (κ3) is 5.14. The molecule has 0 atom stereocenters. The van der Waals surface area contributed by atoms with Crippen LogP contribution >= 0.6 is 0 Å². The summed E-state index contributed by atoms with van der Waals surface area (Å²) in [4.78, 5) is 22.5. The average Bonchev–Trinajstić information content (AvgIpc) is 2.45. The van der Waals surface area contributed by atoms with Gasteiger partial charge in [0.05, 0.1) is 20.6 Å². The Hall–Kier alpha value is -2.30. The van der Waals surface area contributed by atoms with Crippen molar-refractivity contribution in [3.05, 3.63) is 35.4 Å². The molecule has 5 nitrogen and oxygen atoms in total. The molecule has 0 radical (unpaired) electrons. The lowest BCUT2D eigenvalue weighted by Gasteiger charge is -2.05. The SMILES string of the molecule is COC(=O)CCNC(=O)/C=C/c1cc(C)ccc1OC. The first-order valence-corrected chi connectivity index (χ1v) is 6.24. The Kier molecular flexibility index (Phi) is 6.29. The molecule has 0 aliphatic rings. The van der Waals surface area contributed by atoms with Crippen molar-refractivity contribution in [3.8, 4) is 5.75 Å². The van der Waals surface area contributed by atoms with Gasteiger partial charge in [0.25, 0.3) is 0 Å². The largest absolute Gasteiger partial charge is 0.496 e. The number of benzene rings is 1. The standard InChI is InChI=1S/C15H19NO4/c1-11-4-6-13(19-2)12(10-11)5-7-14(17)16-9-8-15(18)20-3/h4-7,10H,8-9H2,1-3H3,(H,16,17)/b7-5+. The molecule has 0 saturated heterocycles. The fourth-order valence-corrected chi connectivity index (χ4v) is 1.60. The van der Waals surface area contributed by atoms with Crippen LogP contribution in [-0.2, 0) is 14.3 Å². The highest BCUT2D eigenvalue weighted by molar-refractivity contribution is 5.92. The molecule has 1 amide bonds. The molecular formula is C15H19NO4. The van der Waals surface area contributed by atoms with Gasteiger partial charge in [0, 0.05) is 18.2 Å². The van der Waals surface area contributed by atoms with Gasteiger partial charge in [0.15, 0.2) is 0 Å². The number of rotatable bonds is 6. The lowest BCUT2D eigenvalue weighted by molar-refractivity contribution is -0.140. The third-order valence-electron chi connectivity index (χ3n) is 2.66. The fourth-order valence-electron chi connectivity index (χ4n) is 1.60. The molecule has 1 rings (SSSR count). The second-order valence-electron chi connectivity index (χ2n) is 4.20. The first-order valence-electron chi connectivity index (χ1n) is 6.24. The van der Waals surface area contributed by atoms with Crippen LogP contribution in [0.4, 0.5) is 0 Å². The van der Waals surface area contributed by atoms with Crippen LogP contribution in [0, 0.1) is 6.92 Å². The van der Waals surface area contributed by atoms with E-state index in [1.807, 2.05) is 25.1 Å². The summed E-state index contributed by atoms with van der Waals surface area (Å²) in [6, 6.07) is 5.72. The van der Waals surface area contributed by atoms with E-state index in [0.29, 0.717) is 5.75 Å². The Morgan fingerprint density at radius 2 is 2.05 bits per heavy atom. The molecule has 5 heteroatoms. The number of nitrogens with one attached hydrogen (secondary N) is 1. The molecule has 20 heavy (non-hydrogen) atoms. The fraction of sp³-hybridized carbons (Fsp3) is 0.333. The molecule has 0 bridgehead atoms. The van der Waals surface area contributed by atoms with E-state index in [4.69, 9.17) is 4.74 Å². The zero-order valence-electron chi connectivity index (χ0n) is 11.9. The highest BCUT2D eigenvalue weighted by atomic mass is 16.5. The second kappa shape index (κ2) is 7.99. The smallest absolute Gasteiger partial charge is 0.307 e. The van der Waals surface area contributed by atoms with Crippen molar-refractivity contribution in [1.82, 2.24) is 5.32 Å². The van der Waals surface area contributed by atoms with Crippen LogP contribution in [0.15, 0.2) is 24.3 Å². The predicted molar refractivity (Wildman–Crippen MR) is 76.4 cm³/mol. The maximum Gasteiger partial charge on any atom is 0.307 e. The van der Waals surface area contributed by atoms with E-state index >= 15 is 0 Å². The van der Waals surface area contributed by atoms with Gasteiger partial charge < -0.3 is 14.8 Å². The molecule has 0 spiro atoms. The summed E-state index contributed by atoms with van der Waals surface area (Å²) < 4.78 is 9.70. The highest BCUT2D eigenvalue weighted by Gasteiger charge is 2.03. The van der Waals surface area contributed by atoms with Gasteiger partial charge in [-0.15, -0.1) is 0 Å². The zero-order valence-corrected chi connectivity index (χ0v) is 11.9. The first-order chi connectivity index (χ1) is 9.56. The van der Waals surface area contributed by atoms with Crippen LogP contribution in [0.3, 0.4) is 0 Å². The minimum absolute atomic E-state index is 0.157. The zero-order chi connectivity index (χ0) is 15.0. The van der Waals surface area contributed by atoms with Crippen LogP contribution in [0.25, 0.3) is 6.08 Å². The van der Waals surface area contributed by atoms with Gasteiger partial charge in [-0.3, -0.25) is 9.59 Å². The number of carbonyl (C=O) groups is 2. The quantitative estimate of drug-likeness (QED) is 0.635. The number of ether oxygens (including phenoxy) is 2. The molecule has 0 unspecified atom stereocenters. The van der Waals surface area contributed by atoms with Crippen LogP contribution < -0.4 is 10.1 Å². The van der Waals surface area contributed by atoms with E-state index in [1.54, 1.807) is 13.2 Å². The lowest BCUT2D eigenvalue weighted by atomic mass is 10.1. The van der Waals surface area contributed by atoms with Gasteiger partial charge in [-0.05, 0) is 25.1 Å². The van der Waals surface area contributed by atoms with Crippen LogP contribution in [0.5, 0.6) is 5.75 Å². The van der Waals surface area contributed by atoms with Crippen molar-refractivity contribution >= 4 is 18.0 Å². The molecule has 0 aliphatic carbocycles. The predicted octanol–water partition coefficient (Wildman–Crippen LogP) is 1.70. The van der Waals surface area contributed by atoms with Gasteiger partial charge in [-0.25, -0.2) is 0 Å². The number of aryl methyl sites for hydroxylation is 1. The first kappa shape index (κ1) is 15.8. The van der Waals surface area contributed by atoms with Crippen LogP contribution in [-0.4, -0.2) is 32.6 Å². The van der Waals surface area contributed by atoms with Gasteiger partial charge in [-0.2, -0.15) is 0 Å². The van der Waals surface area contributed by atoms with Gasteiger partial charge >= 0.3 is 5.97 Å². The van der Waals surface area contributed by atoms with E-state index in [0.717, 1.165) is 11.1 Å². The molecule has 0 fully saturated rings. The summed E-state index contributed by atoms with van der Waals surface area (Å²) in [5, 5.41) is 2.60. The molecule has 108 valence electrons. The number of hydrogen-bond donors (Lipinski definition) is 1. The Morgan fingerprint density at radius 1 is 1.30 bits per heavy atom. The molecule has 0 heterocycles. The summed E-state index contributed by atoms with van der Waals surface area (Å²) in [6.45, 7) is 2.22. The molecule has 0 aliphatic heterocycles. The van der Waals surface area contributed by atoms with Crippen molar-refractivity contribution in [2.45, 2.75) is 13.3 Å². The minimum Gasteiger partial charge on any atom is -0.496 e. The van der Waals surface area contributed by atoms with Crippen molar-refractivity contribution in [2.75, 3.05) is 20.8 Å². The number of methoxy groups -OCH3 is 2. The molecule has 0 aromatic heterocycles. The third-order valence-corrected chi connectivity index (χ3v) is 2.66. The Bertz CT molecular complexity index is 509. The highest BCUT2D eigenvalue weighted by Crippen LogP contribution is 2.20. The number of amides is 1. The summed E-state index contributed by atoms with van der Waals surface area (Å²) in [7, 11) is 2.90. The topological polar surface area (TPSA) is 64.6 Å². The maximum absolute atomic E-state index is 11.6. The second-order valence-corrected chi connectivity index (χ2v) is 4.20. The summed E-state index contributed by atoms with van der Waals surface area (Å²) in [5.41, 5.74) is 1.91. The van der Waals surface area contributed by atoms with Gasteiger partial charge in [0.2, 0.25) is 5.91 Å². The summed E-state index contributed by atoms with van der Waals surface area (Å²) >= 11 is 0. The monoisotopic (exact) mass is 277 g/mol. The summed E-state index contributed by atoms with van der Waals surface area (Å²) in [6.07, 6.45) is 3.25. The Labute approximate surface area is 118 Å². The maximum atomic E-state index is 11.6. The van der Waals surface area contributed by atoms with Crippen molar-refractivity contribution in [2.24, 2.45) is 0 Å². The number of carbonyl (C=O) groups excluding carboxylic acids is 2. The van der Waals surface area contributed by atoms with E-state index < -0.39 is 0 Å². The molecule has 1 aromatic carbocycles. The summed E-state index contributed by atoms with van der Waals surface area (Å²) in [5.74, 6) is 0.0845. The average molecular weight is 277 g/mol. The van der Waals surface area contributed by atoms with Gasteiger partial charge in [0.1, 0.15) is 5.75 Å². The molecular weight excluding hydrogens is 258 g/mol. The van der Waals surface area contributed by atoms with E-state index in [2.05, 4.69) is 10.1 Å². The number of esters is 1. The van der Waals surface area contributed by atoms with Gasteiger partial charge in [-0.1, -0.05) is 11.6 Å². The van der Waals surface area contributed by atoms with Crippen molar-refractivity contribution < 1.29 is 19.1 Å². The van der Waals surface area contributed by atoms with E-state index in [9.17, 15) is 9.59 Å². The molecule has 1 aromatic rings. The van der Waals surface area contributed by atoms with Crippen LogP contribution in [0.2, 0.25) is 0 Å². The normalized spacial score (nSPS) is 10.3. The number of hydrogen-bond acceptors (Lipinski definition) is 4. The van der Waals surface area contributed by atoms with Crippen LogP contribution in [0.1, 0.15) is 17.5 Å². The molecule has 1 N–H and O–H groups in total. The Balaban J connectivity index is 2.57. The van der Waals surface area contributed by atoms with E-state index in [1.165, 1.54) is 13.2 Å². The van der Waals surface area contributed by atoms with E-state index in [-0.39, 0.29) is 24.8 Å².